The average molecular weight is 319 g/mol. The Morgan fingerprint density at radius 2 is 1.65 bits per heavy atom. The second-order valence-electron chi connectivity index (χ2n) is 4.85. The van der Waals surface area contributed by atoms with Crippen molar-refractivity contribution in [3.8, 4) is 0 Å². The number of sulfonamides is 1. The molecular formula is C13H21NO4S2. The van der Waals surface area contributed by atoms with E-state index < -0.39 is 19.9 Å². The molecule has 1 aromatic rings. The Morgan fingerprint density at radius 3 is 2.10 bits per heavy atom. The highest BCUT2D eigenvalue weighted by molar-refractivity contribution is 7.90. The summed E-state index contributed by atoms with van der Waals surface area (Å²) < 4.78 is 48.9. The van der Waals surface area contributed by atoms with Crippen molar-refractivity contribution in [1.82, 2.24) is 4.72 Å². The first kappa shape index (κ1) is 17.1. The Morgan fingerprint density at radius 1 is 1.10 bits per heavy atom. The summed E-state index contributed by atoms with van der Waals surface area (Å²) in [7, 11) is -6.53. The quantitative estimate of drug-likeness (QED) is 0.832. The van der Waals surface area contributed by atoms with Crippen LogP contribution in [0.3, 0.4) is 0 Å². The summed E-state index contributed by atoms with van der Waals surface area (Å²) in [6, 6.07) is 5.85. The lowest BCUT2D eigenvalue weighted by Crippen LogP contribution is -2.29. The second kappa shape index (κ2) is 6.69. The summed E-state index contributed by atoms with van der Waals surface area (Å²) in [4.78, 5) is 0.224. The molecule has 0 fully saturated rings. The summed E-state index contributed by atoms with van der Waals surface area (Å²) in [6.45, 7) is 3.67. The van der Waals surface area contributed by atoms with Crippen molar-refractivity contribution in [2.45, 2.75) is 37.6 Å². The lowest BCUT2D eigenvalue weighted by Gasteiger charge is -2.14. The molecule has 0 radical (unpaired) electrons. The fourth-order valence-corrected chi connectivity index (χ4v) is 3.83. The van der Waals surface area contributed by atoms with Crippen LogP contribution in [0, 0.1) is 0 Å². The van der Waals surface area contributed by atoms with Gasteiger partial charge in [-0.3, -0.25) is 0 Å². The van der Waals surface area contributed by atoms with Crippen LogP contribution in [0.15, 0.2) is 29.2 Å². The van der Waals surface area contributed by atoms with Crippen LogP contribution in [0.1, 0.15) is 38.3 Å². The van der Waals surface area contributed by atoms with Gasteiger partial charge in [0.1, 0.15) is 0 Å². The molecule has 1 atom stereocenters. The van der Waals surface area contributed by atoms with E-state index in [4.69, 9.17) is 0 Å². The van der Waals surface area contributed by atoms with Crippen LogP contribution in [0.25, 0.3) is 0 Å². The van der Waals surface area contributed by atoms with Gasteiger partial charge in [-0.2, -0.15) is 0 Å². The number of benzene rings is 1. The molecule has 0 amide bonds. The molecule has 0 spiro atoms. The number of rotatable bonds is 7. The van der Waals surface area contributed by atoms with E-state index in [1.807, 2.05) is 6.92 Å². The molecule has 0 saturated carbocycles. The van der Waals surface area contributed by atoms with Crippen molar-refractivity contribution in [1.29, 1.82) is 0 Å². The van der Waals surface area contributed by atoms with Gasteiger partial charge in [0.2, 0.25) is 10.0 Å². The third-order valence-corrected chi connectivity index (χ3v) is 5.60. The van der Waals surface area contributed by atoms with Gasteiger partial charge in [0.15, 0.2) is 9.84 Å². The zero-order valence-electron chi connectivity index (χ0n) is 12.0. The molecule has 0 aliphatic rings. The van der Waals surface area contributed by atoms with Crippen molar-refractivity contribution in [2.75, 3.05) is 12.0 Å². The van der Waals surface area contributed by atoms with Gasteiger partial charge in [0.25, 0.3) is 0 Å². The van der Waals surface area contributed by atoms with E-state index in [2.05, 4.69) is 4.72 Å². The largest absolute Gasteiger partial charge is 0.224 e. The molecule has 0 aliphatic heterocycles. The smallest absolute Gasteiger partial charge is 0.212 e. The molecule has 20 heavy (non-hydrogen) atoms. The molecule has 1 aromatic carbocycles. The van der Waals surface area contributed by atoms with Gasteiger partial charge in [-0.25, -0.2) is 21.6 Å². The third-order valence-electron chi connectivity index (χ3n) is 2.93. The topological polar surface area (TPSA) is 80.3 Å². The monoisotopic (exact) mass is 319 g/mol. The van der Waals surface area contributed by atoms with E-state index in [1.165, 1.54) is 12.1 Å². The predicted octanol–water partition coefficient (Wildman–Crippen LogP) is 1.87. The van der Waals surface area contributed by atoms with Crippen LogP contribution in [0.4, 0.5) is 0 Å². The van der Waals surface area contributed by atoms with Gasteiger partial charge in [-0.05, 0) is 31.0 Å². The lowest BCUT2D eigenvalue weighted by atomic mass is 10.1. The van der Waals surface area contributed by atoms with Crippen LogP contribution >= 0.6 is 0 Å². The lowest BCUT2D eigenvalue weighted by molar-refractivity contribution is 0.563. The average Bonchev–Trinajstić information content (AvgIpc) is 2.35. The molecular weight excluding hydrogens is 298 g/mol. The molecule has 0 bridgehead atoms. The molecule has 114 valence electrons. The Kier molecular flexibility index (Phi) is 5.73. The van der Waals surface area contributed by atoms with Crippen molar-refractivity contribution in [3.05, 3.63) is 29.8 Å². The van der Waals surface area contributed by atoms with Gasteiger partial charge >= 0.3 is 0 Å². The van der Waals surface area contributed by atoms with Crippen molar-refractivity contribution in [2.24, 2.45) is 0 Å². The number of unbranched alkanes of at least 4 members (excludes halogenated alkanes) is 1. The van der Waals surface area contributed by atoms with Crippen LogP contribution < -0.4 is 4.72 Å². The maximum atomic E-state index is 11.8. The van der Waals surface area contributed by atoms with Gasteiger partial charge in [0.05, 0.1) is 10.6 Å². The van der Waals surface area contributed by atoms with E-state index in [0.29, 0.717) is 6.42 Å². The normalized spacial score (nSPS) is 14.2. The Hall–Kier alpha value is -0.920. The summed E-state index contributed by atoms with van der Waals surface area (Å²) in [6.07, 6.45) is 2.58. The SMILES string of the molecule is CCCCS(=O)(=O)N[C@@H](C)c1ccc(S(C)(=O)=O)cc1. The highest BCUT2D eigenvalue weighted by Gasteiger charge is 2.16. The van der Waals surface area contributed by atoms with Crippen molar-refractivity contribution < 1.29 is 16.8 Å². The minimum atomic E-state index is -3.30. The Bertz CT molecular complexity index is 633. The fraction of sp³-hybridized carbons (Fsp3) is 0.538. The van der Waals surface area contributed by atoms with Crippen LogP contribution in [-0.4, -0.2) is 28.8 Å². The number of sulfone groups is 1. The summed E-state index contributed by atoms with van der Waals surface area (Å²) in [5, 5.41) is 0. The highest BCUT2D eigenvalue weighted by atomic mass is 32.2. The van der Waals surface area contributed by atoms with Crippen molar-refractivity contribution in [3.63, 3.8) is 0 Å². The summed E-state index contributed by atoms with van der Waals surface area (Å²) >= 11 is 0. The van der Waals surface area contributed by atoms with Gasteiger partial charge in [0, 0.05) is 12.3 Å². The van der Waals surface area contributed by atoms with Crippen LogP contribution in [0.5, 0.6) is 0 Å². The van der Waals surface area contributed by atoms with E-state index >= 15 is 0 Å². The first-order chi connectivity index (χ1) is 9.15. The number of hydrogen-bond acceptors (Lipinski definition) is 4. The standard InChI is InChI=1S/C13H21NO4S2/c1-4-5-10-20(17,18)14-11(2)12-6-8-13(9-7-12)19(3,15)16/h6-9,11,14H,4-5,10H2,1-3H3/t11-/m0/s1. The molecule has 0 heterocycles. The molecule has 1 rings (SSSR count). The molecule has 1 N–H and O–H groups in total. The third kappa shape index (κ3) is 5.22. The van der Waals surface area contributed by atoms with Gasteiger partial charge in [-0.1, -0.05) is 25.5 Å². The first-order valence-corrected chi connectivity index (χ1v) is 10.00. The maximum Gasteiger partial charge on any atom is 0.212 e. The van der Waals surface area contributed by atoms with Gasteiger partial charge < -0.3 is 0 Å². The van der Waals surface area contributed by atoms with Crippen LogP contribution in [0.2, 0.25) is 0 Å². The summed E-state index contributed by atoms with van der Waals surface area (Å²) in [5.41, 5.74) is 0.734. The van der Waals surface area contributed by atoms with E-state index in [1.54, 1.807) is 19.1 Å². The zero-order chi connectivity index (χ0) is 15.4. The predicted molar refractivity (Wildman–Crippen MR) is 79.8 cm³/mol. The van der Waals surface area contributed by atoms with E-state index in [0.717, 1.165) is 18.2 Å². The Labute approximate surface area is 121 Å². The molecule has 5 nitrogen and oxygen atoms in total. The van der Waals surface area contributed by atoms with E-state index in [-0.39, 0.29) is 16.7 Å². The first-order valence-electron chi connectivity index (χ1n) is 6.46. The second-order valence-corrected chi connectivity index (χ2v) is 8.74. The minimum absolute atomic E-state index is 0.106. The molecule has 0 aromatic heterocycles. The zero-order valence-corrected chi connectivity index (χ0v) is 13.6. The maximum absolute atomic E-state index is 11.8. The number of hydrogen-bond donors (Lipinski definition) is 1. The summed E-state index contributed by atoms with van der Waals surface area (Å²) in [5.74, 6) is 0.106. The molecule has 0 unspecified atom stereocenters. The highest BCUT2D eigenvalue weighted by Crippen LogP contribution is 2.17. The van der Waals surface area contributed by atoms with Crippen molar-refractivity contribution >= 4 is 19.9 Å². The van der Waals surface area contributed by atoms with Crippen LogP contribution in [-0.2, 0) is 19.9 Å². The molecule has 0 saturated heterocycles. The van der Waals surface area contributed by atoms with E-state index in [9.17, 15) is 16.8 Å². The number of nitrogens with one attached hydrogen (secondary N) is 1. The van der Waals surface area contributed by atoms with Gasteiger partial charge in [-0.15, -0.1) is 0 Å². The Balaban J connectivity index is 2.81. The fourth-order valence-electron chi connectivity index (χ4n) is 1.73. The molecule has 7 heteroatoms. The molecule has 0 aliphatic carbocycles. The minimum Gasteiger partial charge on any atom is -0.224 e.